The Bertz CT molecular complexity index is 1260. The first-order chi connectivity index (χ1) is 16.2. The van der Waals surface area contributed by atoms with Crippen LogP contribution in [0.1, 0.15) is 63.3 Å². The van der Waals surface area contributed by atoms with Gasteiger partial charge < -0.3 is 14.6 Å². The summed E-state index contributed by atoms with van der Waals surface area (Å²) in [6.07, 6.45) is 6.40. The van der Waals surface area contributed by atoms with Crippen LogP contribution < -0.4 is 0 Å². The van der Waals surface area contributed by atoms with Gasteiger partial charge in [0.15, 0.2) is 11.4 Å². The van der Waals surface area contributed by atoms with Gasteiger partial charge in [-0.2, -0.15) is 0 Å². The number of aromatic nitrogens is 2. The van der Waals surface area contributed by atoms with E-state index in [-0.39, 0.29) is 17.4 Å². The predicted molar refractivity (Wildman–Crippen MR) is 129 cm³/mol. The first-order valence-electron chi connectivity index (χ1n) is 12.0. The van der Waals surface area contributed by atoms with Crippen LogP contribution in [0.3, 0.4) is 0 Å². The molecule has 2 unspecified atom stereocenters. The van der Waals surface area contributed by atoms with E-state index < -0.39 is 21.9 Å². The van der Waals surface area contributed by atoms with Gasteiger partial charge in [-0.3, -0.25) is 0 Å². The summed E-state index contributed by atoms with van der Waals surface area (Å²) in [7, 11) is -3.89. The number of hydrogen-bond acceptors (Lipinski definition) is 6. The van der Waals surface area contributed by atoms with Gasteiger partial charge in [0.2, 0.25) is 0 Å². The summed E-state index contributed by atoms with van der Waals surface area (Å²) < 4.78 is 40.3. The largest absolute Gasteiger partial charge is 0.393 e. The minimum Gasteiger partial charge on any atom is -0.393 e. The van der Waals surface area contributed by atoms with Crippen LogP contribution in [0.25, 0.3) is 11.0 Å². The number of benzene rings is 1. The number of fused-ring (bicyclic) bond motifs is 1. The lowest BCUT2D eigenvalue weighted by molar-refractivity contribution is -0.139. The summed E-state index contributed by atoms with van der Waals surface area (Å²) in [6.45, 7) is 4.15. The van der Waals surface area contributed by atoms with Crippen molar-refractivity contribution in [2.45, 2.75) is 75.3 Å². The highest BCUT2D eigenvalue weighted by molar-refractivity contribution is 7.90. The number of aliphatic hydroxyl groups excluding tert-OH is 1. The molecule has 34 heavy (non-hydrogen) atoms. The molecule has 2 atom stereocenters. The van der Waals surface area contributed by atoms with Crippen molar-refractivity contribution < 1.29 is 23.0 Å². The van der Waals surface area contributed by atoms with Crippen LogP contribution in [-0.2, 0) is 25.9 Å². The van der Waals surface area contributed by atoms with Gasteiger partial charge in [0, 0.05) is 29.3 Å². The van der Waals surface area contributed by atoms with E-state index in [4.69, 9.17) is 9.47 Å². The molecule has 0 bridgehead atoms. The van der Waals surface area contributed by atoms with Crippen molar-refractivity contribution in [1.29, 1.82) is 0 Å². The zero-order valence-corrected chi connectivity index (χ0v) is 20.5. The third-order valence-electron chi connectivity index (χ3n) is 6.88. The number of rotatable bonds is 7. The molecule has 182 valence electrons. The molecule has 1 saturated heterocycles. The minimum absolute atomic E-state index is 0.194. The Labute approximate surface area is 200 Å². The first-order valence-corrected chi connectivity index (χ1v) is 13.5. The van der Waals surface area contributed by atoms with Crippen molar-refractivity contribution in [2.24, 2.45) is 5.92 Å². The standard InChI is InChI=1S/C26H32N2O5S/c1-26(2)32-17-24(33-26)20-13-19-14-21(15-22(29)12-18-8-6-7-9-18)28(25(19)27-16-20)34(30,31)23-10-4-3-5-11-23/h3-5,10-11,13-14,16,18,22,24,29H,6-9,12,15,17H2,1-2H3. The molecule has 1 N–H and O–H groups in total. The fraction of sp³-hybridized carbons (Fsp3) is 0.500. The average Bonchev–Trinajstić information content (AvgIpc) is 3.52. The van der Waals surface area contributed by atoms with Crippen LogP contribution in [0.5, 0.6) is 0 Å². The number of hydrogen-bond donors (Lipinski definition) is 1. The van der Waals surface area contributed by atoms with Crippen LogP contribution in [0.2, 0.25) is 0 Å². The molecule has 2 fully saturated rings. The lowest BCUT2D eigenvalue weighted by Crippen LogP contribution is -2.21. The lowest BCUT2D eigenvalue weighted by Gasteiger charge is -2.17. The normalized spacial score (nSPS) is 21.9. The van der Waals surface area contributed by atoms with Crippen molar-refractivity contribution in [2.75, 3.05) is 6.61 Å². The Balaban J connectivity index is 1.54. The summed E-state index contributed by atoms with van der Waals surface area (Å²) in [5.74, 6) is -0.163. The predicted octanol–water partition coefficient (Wildman–Crippen LogP) is 4.58. The van der Waals surface area contributed by atoms with Crippen molar-refractivity contribution >= 4 is 21.1 Å². The Morgan fingerprint density at radius 1 is 1.18 bits per heavy atom. The highest BCUT2D eigenvalue weighted by Gasteiger charge is 2.34. The molecule has 0 radical (unpaired) electrons. The first kappa shape index (κ1) is 23.5. The Kier molecular flexibility index (Phi) is 6.27. The van der Waals surface area contributed by atoms with E-state index >= 15 is 0 Å². The van der Waals surface area contributed by atoms with Gasteiger partial charge in [-0.15, -0.1) is 0 Å². The maximum Gasteiger partial charge on any atom is 0.269 e. The third-order valence-corrected chi connectivity index (χ3v) is 8.63. The molecular formula is C26H32N2O5S. The van der Waals surface area contributed by atoms with Crippen molar-refractivity contribution in [3.8, 4) is 0 Å². The van der Waals surface area contributed by atoms with Crippen molar-refractivity contribution in [1.82, 2.24) is 8.96 Å². The highest BCUT2D eigenvalue weighted by Crippen LogP contribution is 2.35. The molecule has 1 aromatic carbocycles. The highest BCUT2D eigenvalue weighted by atomic mass is 32.2. The topological polar surface area (TPSA) is 90.6 Å². The number of aliphatic hydroxyl groups is 1. The lowest BCUT2D eigenvalue weighted by atomic mass is 9.97. The molecule has 1 aliphatic carbocycles. The smallest absolute Gasteiger partial charge is 0.269 e. The molecule has 2 aliphatic rings. The molecule has 2 aromatic heterocycles. The second kappa shape index (κ2) is 9.07. The van der Waals surface area contributed by atoms with Gasteiger partial charge in [0.1, 0.15) is 6.10 Å². The Morgan fingerprint density at radius 2 is 1.91 bits per heavy atom. The second-order valence-corrected chi connectivity index (χ2v) is 11.7. The van der Waals surface area contributed by atoms with E-state index in [1.54, 1.807) is 36.5 Å². The third kappa shape index (κ3) is 4.64. The monoisotopic (exact) mass is 484 g/mol. The maximum absolute atomic E-state index is 13.7. The number of nitrogens with zero attached hydrogens (tertiary/aromatic N) is 2. The average molecular weight is 485 g/mol. The summed E-state index contributed by atoms with van der Waals surface area (Å²) in [5.41, 5.74) is 1.73. The molecule has 7 nitrogen and oxygen atoms in total. The molecule has 8 heteroatoms. The fourth-order valence-corrected chi connectivity index (χ4v) is 6.76. The quantitative estimate of drug-likeness (QED) is 0.528. The Hall–Kier alpha value is -2.26. The van der Waals surface area contributed by atoms with E-state index in [1.165, 1.54) is 16.8 Å². The van der Waals surface area contributed by atoms with Gasteiger partial charge in [0.05, 0.1) is 17.6 Å². The maximum atomic E-state index is 13.7. The molecule has 0 spiro atoms. The van der Waals surface area contributed by atoms with Crippen LogP contribution in [0.15, 0.2) is 53.6 Å². The SMILES string of the molecule is CC1(C)OCC(c2cnc3c(c2)cc(CC(O)CC2CCCC2)n3S(=O)(=O)c2ccccc2)O1. The van der Waals surface area contributed by atoms with Gasteiger partial charge in [-0.1, -0.05) is 43.9 Å². The molecular weight excluding hydrogens is 452 g/mol. The van der Waals surface area contributed by atoms with Crippen LogP contribution >= 0.6 is 0 Å². The van der Waals surface area contributed by atoms with Gasteiger partial charge in [-0.05, 0) is 50.5 Å². The Morgan fingerprint density at radius 3 is 2.59 bits per heavy atom. The second-order valence-electron chi connectivity index (χ2n) is 9.96. The molecule has 1 saturated carbocycles. The van der Waals surface area contributed by atoms with E-state index in [0.29, 0.717) is 35.7 Å². The zero-order valence-electron chi connectivity index (χ0n) is 19.7. The molecule has 5 rings (SSSR count). The number of pyridine rings is 1. The molecule has 3 aromatic rings. The zero-order chi connectivity index (χ0) is 23.9. The summed E-state index contributed by atoms with van der Waals surface area (Å²) in [5, 5.41) is 11.6. The fourth-order valence-electron chi connectivity index (χ4n) is 5.23. The molecule has 1 aliphatic heterocycles. The minimum atomic E-state index is -3.89. The summed E-state index contributed by atoms with van der Waals surface area (Å²) >= 11 is 0. The van der Waals surface area contributed by atoms with Crippen LogP contribution in [-0.4, -0.2) is 41.0 Å². The van der Waals surface area contributed by atoms with Crippen LogP contribution in [0, 0.1) is 5.92 Å². The van der Waals surface area contributed by atoms with E-state index in [2.05, 4.69) is 4.98 Å². The van der Waals surface area contributed by atoms with Gasteiger partial charge in [-0.25, -0.2) is 17.4 Å². The van der Waals surface area contributed by atoms with Crippen molar-refractivity contribution in [3.05, 3.63) is 59.9 Å². The summed E-state index contributed by atoms with van der Waals surface area (Å²) in [4.78, 5) is 4.76. The van der Waals surface area contributed by atoms with Gasteiger partial charge >= 0.3 is 0 Å². The summed E-state index contributed by atoms with van der Waals surface area (Å²) in [6, 6.07) is 12.1. The van der Waals surface area contributed by atoms with Crippen LogP contribution in [0.4, 0.5) is 0 Å². The van der Waals surface area contributed by atoms with E-state index in [1.807, 2.05) is 26.0 Å². The molecule has 3 heterocycles. The van der Waals surface area contributed by atoms with E-state index in [0.717, 1.165) is 18.4 Å². The van der Waals surface area contributed by atoms with Gasteiger partial charge in [0.25, 0.3) is 10.0 Å². The number of ether oxygens (including phenoxy) is 2. The van der Waals surface area contributed by atoms with Crippen molar-refractivity contribution in [3.63, 3.8) is 0 Å². The van der Waals surface area contributed by atoms with E-state index in [9.17, 15) is 13.5 Å². The molecule has 0 amide bonds.